The molecule has 0 aromatic carbocycles. The van der Waals surface area contributed by atoms with Crippen molar-refractivity contribution in [2.24, 2.45) is 0 Å². The highest BCUT2D eigenvalue weighted by Gasteiger charge is 2.06. The first-order valence-corrected chi connectivity index (χ1v) is 4.40. The quantitative estimate of drug-likeness (QED) is 0.465. The van der Waals surface area contributed by atoms with Crippen molar-refractivity contribution in [1.29, 1.82) is 0 Å². The summed E-state index contributed by atoms with van der Waals surface area (Å²) in [7, 11) is -0.130. The molecular weight excluding hydrogens is 164 g/mol. The molecule has 0 aliphatic heterocycles. The summed E-state index contributed by atoms with van der Waals surface area (Å²) in [5.74, 6) is 0. The van der Waals surface area contributed by atoms with Gasteiger partial charge in [-0.25, -0.2) is 13.4 Å². The molecule has 0 fully saturated rings. The van der Waals surface area contributed by atoms with E-state index in [4.69, 9.17) is 11.6 Å². The van der Waals surface area contributed by atoms with Crippen LogP contribution in [0.25, 0.3) is 0 Å². The van der Waals surface area contributed by atoms with Crippen molar-refractivity contribution in [2.75, 3.05) is 19.3 Å². The van der Waals surface area contributed by atoms with E-state index in [1.165, 1.54) is 5.01 Å². The van der Waals surface area contributed by atoms with E-state index < -0.39 is 15.2 Å². The number of nitrogens with zero attached hydrogens (tertiary/aromatic N) is 1. The van der Waals surface area contributed by atoms with Gasteiger partial charge in [0.25, 0.3) is 0 Å². The van der Waals surface area contributed by atoms with Gasteiger partial charge in [0.2, 0.25) is 10.0 Å². The maximum Gasteiger partial charge on any atom is 0.238 e. The predicted molar refractivity (Wildman–Crippen MR) is 36.5 cm³/mol. The van der Waals surface area contributed by atoms with Gasteiger partial charge in [-0.15, -0.1) is 16.4 Å². The molecule has 0 atom stereocenters. The molecule has 0 unspecified atom stereocenters. The summed E-state index contributed by atoms with van der Waals surface area (Å²) in [5, 5.41) is 0.906. The van der Waals surface area contributed by atoms with Crippen LogP contribution in [0.3, 0.4) is 0 Å². The summed E-state index contributed by atoms with van der Waals surface area (Å²) in [6.07, 6.45) is 0. The second kappa shape index (κ2) is 3.36. The van der Waals surface area contributed by atoms with Gasteiger partial charge in [-0.05, 0) is 0 Å². The molecule has 4 nitrogen and oxygen atoms in total. The lowest BCUT2D eigenvalue weighted by Gasteiger charge is -2.09. The molecule has 0 rings (SSSR count). The van der Waals surface area contributed by atoms with Crippen molar-refractivity contribution in [3.05, 3.63) is 0 Å². The van der Waals surface area contributed by atoms with Crippen LogP contribution < -0.4 is 4.83 Å². The molecule has 0 aliphatic rings. The molecule has 56 valence electrons. The van der Waals surface area contributed by atoms with E-state index in [0.29, 0.717) is 0 Å². The predicted octanol–water partition coefficient (Wildman–Crippen LogP) is -0.421. The van der Waals surface area contributed by atoms with Gasteiger partial charge in [-0.1, -0.05) is 0 Å². The maximum atomic E-state index is 10.5. The van der Waals surface area contributed by atoms with E-state index in [9.17, 15) is 8.42 Å². The summed E-state index contributed by atoms with van der Waals surface area (Å²) in [6, 6.07) is 0. The van der Waals surface area contributed by atoms with Crippen LogP contribution in [0, 0.1) is 0 Å². The van der Waals surface area contributed by atoms with Gasteiger partial charge in [0.15, 0.2) is 0 Å². The number of nitrogens with one attached hydrogen (secondary N) is 1. The highest BCUT2D eigenvalue weighted by atomic mass is 35.5. The van der Waals surface area contributed by atoms with Crippen molar-refractivity contribution >= 4 is 21.6 Å². The maximum absolute atomic E-state index is 10.5. The van der Waals surface area contributed by atoms with Crippen LogP contribution in [0.15, 0.2) is 0 Å². The number of hydrogen-bond donors (Lipinski definition) is 1. The Kier molecular flexibility index (Phi) is 3.42. The normalized spacial score (nSPS) is 12.4. The van der Waals surface area contributed by atoms with Crippen LogP contribution in [-0.2, 0) is 10.0 Å². The zero-order valence-corrected chi connectivity index (χ0v) is 6.83. The molecule has 0 bridgehead atoms. The largest absolute Gasteiger partial charge is 0.238 e. The number of halogens is 1. The summed E-state index contributed by atoms with van der Waals surface area (Å²) >= 11 is 5.06. The van der Waals surface area contributed by atoms with Crippen molar-refractivity contribution in [3.63, 3.8) is 0 Å². The van der Waals surface area contributed by atoms with Crippen molar-refractivity contribution < 1.29 is 8.42 Å². The molecule has 0 amide bonds. The van der Waals surface area contributed by atoms with E-state index in [-0.39, 0.29) is 0 Å². The second-order valence-electron chi connectivity index (χ2n) is 1.71. The Morgan fingerprint density at radius 2 is 2.00 bits per heavy atom. The van der Waals surface area contributed by atoms with Gasteiger partial charge in [-0.2, -0.15) is 0 Å². The standard InChI is InChI=1S/C3H9ClN2O2S/c1-6(2)5-9(7,8)3-4/h5H,3H2,1-2H3. The van der Waals surface area contributed by atoms with Crippen LogP contribution in [0.2, 0.25) is 0 Å². The summed E-state index contributed by atoms with van der Waals surface area (Å²) in [5.41, 5.74) is 0. The highest BCUT2D eigenvalue weighted by molar-refractivity contribution is 7.90. The average molecular weight is 173 g/mol. The molecule has 0 heterocycles. The molecule has 0 radical (unpaired) electrons. The topological polar surface area (TPSA) is 49.4 Å². The Hall–Kier alpha value is 0.160. The monoisotopic (exact) mass is 172 g/mol. The first-order valence-electron chi connectivity index (χ1n) is 2.21. The Morgan fingerprint density at radius 3 is 2.11 bits per heavy atom. The van der Waals surface area contributed by atoms with Gasteiger partial charge in [0.1, 0.15) is 5.21 Å². The minimum absolute atomic E-state index is 0.412. The minimum Gasteiger partial charge on any atom is -0.237 e. The summed E-state index contributed by atoms with van der Waals surface area (Å²) < 4.78 is 21.0. The van der Waals surface area contributed by atoms with Crippen LogP contribution in [0.1, 0.15) is 0 Å². The van der Waals surface area contributed by atoms with Crippen molar-refractivity contribution in [1.82, 2.24) is 9.84 Å². The first-order chi connectivity index (χ1) is 3.98. The molecule has 0 spiro atoms. The van der Waals surface area contributed by atoms with Crippen molar-refractivity contribution in [2.45, 2.75) is 0 Å². The van der Waals surface area contributed by atoms with Crippen LogP contribution >= 0.6 is 11.6 Å². The number of alkyl halides is 1. The smallest absolute Gasteiger partial charge is 0.237 e. The van der Waals surface area contributed by atoms with Crippen LogP contribution in [0.5, 0.6) is 0 Å². The summed E-state index contributed by atoms with van der Waals surface area (Å²) in [6.45, 7) is 0. The average Bonchev–Trinajstić information content (AvgIpc) is 1.63. The lowest BCUT2D eigenvalue weighted by atomic mass is 11.2. The van der Waals surface area contributed by atoms with Gasteiger partial charge in [0.05, 0.1) is 0 Å². The van der Waals surface area contributed by atoms with Gasteiger partial charge < -0.3 is 0 Å². The molecule has 0 saturated heterocycles. The molecule has 6 heteroatoms. The second-order valence-corrected chi connectivity index (χ2v) is 3.99. The molecular formula is C3H9ClN2O2S. The lowest BCUT2D eigenvalue weighted by Crippen LogP contribution is -2.36. The van der Waals surface area contributed by atoms with Crippen molar-refractivity contribution in [3.8, 4) is 0 Å². The number of hydrogen-bond acceptors (Lipinski definition) is 3. The minimum atomic E-state index is -3.28. The van der Waals surface area contributed by atoms with Crippen LogP contribution in [-0.4, -0.2) is 32.7 Å². The Labute approximate surface area is 59.8 Å². The van der Waals surface area contributed by atoms with E-state index in [2.05, 4.69) is 4.83 Å². The number of hydrazine groups is 1. The zero-order valence-electron chi connectivity index (χ0n) is 5.26. The highest BCUT2D eigenvalue weighted by Crippen LogP contribution is 1.86. The lowest BCUT2D eigenvalue weighted by molar-refractivity contribution is 0.365. The SMILES string of the molecule is CN(C)NS(=O)(=O)CCl. The van der Waals surface area contributed by atoms with E-state index >= 15 is 0 Å². The Morgan fingerprint density at radius 1 is 1.56 bits per heavy atom. The fourth-order valence-corrected chi connectivity index (χ4v) is 1.05. The van der Waals surface area contributed by atoms with E-state index in [1.54, 1.807) is 14.1 Å². The van der Waals surface area contributed by atoms with Gasteiger partial charge in [0, 0.05) is 14.1 Å². The molecule has 1 N–H and O–H groups in total. The van der Waals surface area contributed by atoms with Gasteiger partial charge >= 0.3 is 0 Å². The third-order valence-corrected chi connectivity index (χ3v) is 2.26. The third-order valence-electron chi connectivity index (χ3n) is 0.465. The van der Waals surface area contributed by atoms with E-state index in [0.717, 1.165) is 0 Å². The van der Waals surface area contributed by atoms with E-state index in [1.807, 2.05) is 0 Å². The number of sulfonamides is 1. The molecule has 0 aromatic heterocycles. The molecule has 0 aliphatic carbocycles. The summed E-state index contributed by atoms with van der Waals surface area (Å²) in [4.78, 5) is 2.14. The van der Waals surface area contributed by atoms with Gasteiger partial charge in [-0.3, -0.25) is 0 Å². The molecule has 0 saturated carbocycles. The number of rotatable bonds is 3. The first kappa shape index (κ1) is 9.16. The Bertz CT molecular complexity index is 165. The fourth-order valence-electron chi connectivity index (χ4n) is 0.303. The molecule has 9 heavy (non-hydrogen) atoms. The van der Waals surface area contributed by atoms with Crippen LogP contribution in [0.4, 0.5) is 0 Å². The zero-order chi connectivity index (χ0) is 7.49. The molecule has 0 aromatic rings. The fraction of sp³-hybridized carbons (Fsp3) is 1.00. The third kappa shape index (κ3) is 4.65. The Balaban J connectivity index is 3.90.